The monoisotopic (exact) mass is 588 g/mol. The minimum atomic E-state index is 0.620. The van der Waals surface area contributed by atoms with Crippen molar-refractivity contribution in [2.24, 2.45) is 0 Å². The summed E-state index contributed by atoms with van der Waals surface area (Å²) in [6.45, 7) is 9.42. The van der Waals surface area contributed by atoms with Crippen LogP contribution in [0.1, 0.15) is 245 Å². The third-order valence-corrected chi connectivity index (χ3v) is 9.89. The molecule has 1 aromatic rings. The highest BCUT2D eigenvalue weighted by Crippen LogP contribution is 2.27. The number of aromatic nitrogens is 2. The summed E-state index contributed by atoms with van der Waals surface area (Å²) in [6, 6.07) is 0.620. The van der Waals surface area contributed by atoms with Gasteiger partial charge in [0.1, 0.15) is 12.4 Å². The average Bonchev–Trinajstić information content (AvgIpc) is 3.49. The van der Waals surface area contributed by atoms with Gasteiger partial charge in [0.2, 0.25) is 0 Å². The first-order valence-electron chi connectivity index (χ1n) is 19.8. The second kappa shape index (κ2) is 30.2. The number of hydrogen-bond donors (Lipinski definition) is 1. The third kappa shape index (κ3) is 21.8. The van der Waals surface area contributed by atoms with Crippen molar-refractivity contribution in [2.75, 3.05) is 0 Å². The molecule has 1 rings (SSSR count). The summed E-state index contributed by atoms with van der Waals surface area (Å²) in [6.07, 6.45) is 48.7. The summed E-state index contributed by atoms with van der Waals surface area (Å²) in [4.78, 5) is 3.74. The predicted octanol–water partition coefficient (Wildman–Crippen LogP) is 14.1. The molecule has 0 saturated heterocycles. The molecule has 2 unspecified atom stereocenters. The summed E-state index contributed by atoms with van der Waals surface area (Å²) in [5, 5.41) is 0. The molecule has 0 aliphatic rings. The van der Waals surface area contributed by atoms with Crippen LogP contribution in [0.4, 0.5) is 0 Å². The molecule has 0 aliphatic heterocycles. The molecule has 0 bridgehead atoms. The van der Waals surface area contributed by atoms with Gasteiger partial charge < -0.3 is 0 Å². The molecule has 2 heteroatoms. The van der Waals surface area contributed by atoms with Crippen molar-refractivity contribution < 1.29 is 4.57 Å². The molecule has 0 saturated carbocycles. The largest absolute Gasteiger partial charge is 0.257 e. The fourth-order valence-electron chi connectivity index (χ4n) is 6.96. The molecule has 0 spiro atoms. The molecule has 1 heterocycles. The Bertz CT molecular complexity index is 650. The van der Waals surface area contributed by atoms with Gasteiger partial charge in [-0.05, 0) is 32.6 Å². The summed E-state index contributed by atoms with van der Waals surface area (Å²) in [5.41, 5.74) is 0. The lowest BCUT2D eigenvalue weighted by Gasteiger charge is -2.17. The van der Waals surface area contributed by atoms with E-state index in [1.165, 1.54) is 205 Å². The SMILES string of the molecule is CCCCCCCCCCCCCCCC(C)[n+]1cc[nH]c1C(CCCCCCCCC)CCCCCCCCCC. The first-order valence-corrected chi connectivity index (χ1v) is 19.8. The fourth-order valence-corrected chi connectivity index (χ4v) is 6.96. The smallest absolute Gasteiger partial charge is 0.247 e. The molecule has 0 aliphatic carbocycles. The quantitative estimate of drug-likeness (QED) is 0.0623. The van der Waals surface area contributed by atoms with Gasteiger partial charge in [0.25, 0.3) is 5.82 Å². The van der Waals surface area contributed by atoms with Crippen molar-refractivity contribution in [1.82, 2.24) is 4.98 Å². The molecule has 2 atom stereocenters. The zero-order valence-electron chi connectivity index (χ0n) is 29.7. The standard InChI is InChI=1S/C40H78N2/c1-5-8-11-14-17-19-20-21-22-23-25-27-30-33-38(4)42-37-36-41-40(42)39(34-31-28-24-16-13-10-7-3)35-32-29-26-18-15-12-9-6-2/h36-39H,5-35H2,1-4H3/p+1. The second-order valence-corrected chi connectivity index (χ2v) is 14.0. The zero-order chi connectivity index (χ0) is 30.4. The van der Waals surface area contributed by atoms with Gasteiger partial charge in [-0.1, -0.05) is 194 Å². The van der Waals surface area contributed by atoms with E-state index < -0.39 is 0 Å². The first-order chi connectivity index (χ1) is 20.7. The van der Waals surface area contributed by atoms with Crippen molar-refractivity contribution in [3.63, 3.8) is 0 Å². The molecule has 248 valence electrons. The van der Waals surface area contributed by atoms with E-state index in [0.29, 0.717) is 12.0 Å². The number of rotatable bonds is 33. The van der Waals surface area contributed by atoms with E-state index in [1.807, 2.05) is 0 Å². The van der Waals surface area contributed by atoms with E-state index in [1.54, 1.807) is 0 Å². The maximum atomic E-state index is 3.74. The number of H-pyrrole nitrogens is 1. The fraction of sp³-hybridized carbons (Fsp3) is 0.925. The van der Waals surface area contributed by atoms with Gasteiger partial charge >= 0.3 is 0 Å². The minimum Gasteiger partial charge on any atom is -0.247 e. The van der Waals surface area contributed by atoms with Crippen molar-refractivity contribution in [2.45, 2.75) is 239 Å². The Morgan fingerprint density at radius 1 is 0.452 bits per heavy atom. The van der Waals surface area contributed by atoms with Crippen molar-refractivity contribution in [1.29, 1.82) is 0 Å². The molecule has 1 N–H and O–H groups in total. The second-order valence-electron chi connectivity index (χ2n) is 14.0. The lowest BCUT2D eigenvalue weighted by atomic mass is 9.92. The highest BCUT2D eigenvalue weighted by molar-refractivity contribution is 4.90. The number of nitrogens with zero attached hydrogens (tertiary/aromatic N) is 1. The molecule has 0 fully saturated rings. The van der Waals surface area contributed by atoms with Crippen LogP contribution in [0, 0.1) is 0 Å². The predicted molar refractivity (Wildman–Crippen MR) is 189 cm³/mol. The third-order valence-electron chi connectivity index (χ3n) is 9.89. The molecule has 2 nitrogen and oxygen atoms in total. The topological polar surface area (TPSA) is 19.7 Å². The Hall–Kier alpha value is -0.790. The van der Waals surface area contributed by atoms with E-state index in [9.17, 15) is 0 Å². The lowest BCUT2D eigenvalue weighted by Crippen LogP contribution is -2.41. The van der Waals surface area contributed by atoms with E-state index in [2.05, 4.69) is 49.6 Å². The molecule has 42 heavy (non-hydrogen) atoms. The maximum absolute atomic E-state index is 3.74. The number of hydrogen-bond acceptors (Lipinski definition) is 0. The number of nitrogens with one attached hydrogen (secondary N) is 1. The Kier molecular flexibility index (Phi) is 28.3. The molecular formula is C40H79N2+. The summed E-state index contributed by atoms with van der Waals surface area (Å²) >= 11 is 0. The van der Waals surface area contributed by atoms with Crippen molar-refractivity contribution >= 4 is 0 Å². The molecular weight excluding hydrogens is 508 g/mol. The molecule has 1 aromatic heterocycles. The van der Waals surface area contributed by atoms with Gasteiger partial charge in [0.05, 0.1) is 12.0 Å². The van der Waals surface area contributed by atoms with Crippen LogP contribution in [0.15, 0.2) is 12.4 Å². The minimum absolute atomic E-state index is 0.620. The Labute approximate surface area is 266 Å². The van der Waals surface area contributed by atoms with Crippen LogP contribution in [0.25, 0.3) is 0 Å². The average molecular weight is 588 g/mol. The van der Waals surface area contributed by atoms with Gasteiger partial charge in [0, 0.05) is 0 Å². The molecule has 0 aromatic carbocycles. The molecule has 0 radical (unpaired) electrons. The highest BCUT2D eigenvalue weighted by atomic mass is 15.1. The van der Waals surface area contributed by atoms with Gasteiger partial charge in [0.15, 0.2) is 0 Å². The van der Waals surface area contributed by atoms with Crippen LogP contribution in [0.2, 0.25) is 0 Å². The number of aromatic amines is 1. The normalized spacial score (nSPS) is 13.1. The van der Waals surface area contributed by atoms with Crippen molar-refractivity contribution in [3.8, 4) is 0 Å². The van der Waals surface area contributed by atoms with Crippen LogP contribution < -0.4 is 4.57 Å². The van der Waals surface area contributed by atoms with Gasteiger partial charge in [-0.3, -0.25) is 0 Å². The summed E-state index contributed by atoms with van der Waals surface area (Å²) in [7, 11) is 0. The van der Waals surface area contributed by atoms with Crippen LogP contribution in [-0.2, 0) is 0 Å². The highest BCUT2D eigenvalue weighted by Gasteiger charge is 2.25. The summed E-state index contributed by atoms with van der Waals surface area (Å²) in [5.74, 6) is 2.25. The van der Waals surface area contributed by atoms with E-state index in [-0.39, 0.29) is 0 Å². The summed E-state index contributed by atoms with van der Waals surface area (Å²) < 4.78 is 2.64. The van der Waals surface area contributed by atoms with Gasteiger partial charge in [-0.25, -0.2) is 9.55 Å². The first kappa shape index (κ1) is 39.2. The van der Waals surface area contributed by atoms with Gasteiger partial charge in [-0.2, -0.15) is 0 Å². The molecule has 0 amide bonds. The van der Waals surface area contributed by atoms with Crippen molar-refractivity contribution in [3.05, 3.63) is 18.2 Å². The number of imidazole rings is 1. The maximum Gasteiger partial charge on any atom is 0.257 e. The van der Waals surface area contributed by atoms with Gasteiger partial charge in [-0.15, -0.1) is 0 Å². The number of unbranched alkanes of at least 4 members (excludes halogenated alkanes) is 25. The van der Waals surface area contributed by atoms with E-state index >= 15 is 0 Å². The zero-order valence-corrected chi connectivity index (χ0v) is 29.7. The van der Waals surface area contributed by atoms with Crippen LogP contribution in [0.3, 0.4) is 0 Å². The van der Waals surface area contributed by atoms with Crippen LogP contribution in [0.5, 0.6) is 0 Å². The Morgan fingerprint density at radius 2 is 0.762 bits per heavy atom. The lowest BCUT2D eigenvalue weighted by molar-refractivity contribution is -0.727. The van der Waals surface area contributed by atoms with Crippen LogP contribution in [-0.4, -0.2) is 4.98 Å². The Balaban J connectivity index is 2.36. The van der Waals surface area contributed by atoms with E-state index in [0.717, 1.165) is 0 Å². The van der Waals surface area contributed by atoms with Crippen LogP contribution >= 0.6 is 0 Å². The van der Waals surface area contributed by atoms with E-state index in [4.69, 9.17) is 0 Å². The Morgan fingerprint density at radius 3 is 1.12 bits per heavy atom.